The highest BCUT2D eigenvalue weighted by Crippen LogP contribution is 2.33. The molecule has 7 heteroatoms. The molecule has 0 aromatic heterocycles. The van der Waals surface area contributed by atoms with E-state index < -0.39 is 17.4 Å². The predicted molar refractivity (Wildman–Crippen MR) is 100 cm³/mol. The zero-order chi connectivity index (χ0) is 19.4. The molecule has 1 atom stereocenters. The highest BCUT2D eigenvalue weighted by Gasteiger charge is 2.29. The highest BCUT2D eigenvalue weighted by molar-refractivity contribution is 6.00. The summed E-state index contributed by atoms with van der Waals surface area (Å²) < 4.78 is 24.5. The Morgan fingerprint density at radius 3 is 2.70 bits per heavy atom. The quantitative estimate of drug-likeness (QED) is 0.791. The first-order chi connectivity index (χ1) is 12.8. The van der Waals surface area contributed by atoms with E-state index in [1.54, 1.807) is 36.4 Å². The molecule has 2 N–H and O–H groups in total. The lowest BCUT2D eigenvalue weighted by atomic mass is 10.0. The standard InChI is InChI=1S/C20H19FN2O4/c1-13(24)26-12-20(2)10-9-14-11-15(7-8-18(14)27-20)22-19(25)23-17-6-4-3-5-16(17)21/h3-11H,12H2,1-2H3,(H2,22,23,25). The van der Waals surface area contributed by atoms with Gasteiger partial charge < -0.3 is 20.1 Å². The number of carbonyl (C=O) groups excluding carboxylic acids is 2. The zero-order valence-electron chi connectivity index (χ0n) is 14.9. The Bertz CT molecular complexity index is 913. The Morgan fingerprint density at radius 2 is 1.96 bits per heavy atom. The summed E-state index contributed by atoms with van der Waals surface area (Å²) in [4.78, 5) is 23.1. The van der Waals surface area contributed by atoms with Gasteiger partial charge in [0, 0.05) is 18.2 Å². The van der Waals surface area contributed by atoms with Gasteiger partial charge in [-0.05, 0) is 43.3 Å². The third-order valence-corrected chi connectivity index (χ3v) is 3.91. The number of amides is 2. The van der Waals surface area contributed by atoms with E-state index in [4.69, 9.17) is 9.47 Å². The van der Waals surface area contributed by atoms with E-state index in [0.29, 0.717) is 11.4 Å². The van der Waals surface area contributed by atoms with Crippen molar-refractivity contribution in [3.05, 3.63) is 59.9 Å². The van der Waals surface area contributed by atoms with Gasteiger partial charge in [0.2, 0.25) is 0 Å². The Kier molecular flexibility index (Phi) is 5.12. The average molecular weight is 370 g/mol. The smallest absolute Gasteiger partial charge is 0.323 e. The Balaban J connectivity index is 1.67. The van der Waals surface area contributed by atoms with E-state index in [1.807, 2.05) is 13.0 Å². The fraction of sp³-hybridized carbons (Fsp3) is 0.200. The molecule has 140 valence electrons. The van der Waals surface area contributed by atoms with Crippen LogP contribution in [0.25, 0.3) is 6.08 Å². The van der Waals surface area contributed by atoms with Gasteiger partial charge in [0.05, 0.1) is 5.69 Å². The fourth-order valence-electron chi connectivity index (χ4n) is 2.57. The number of para-hydroxylation sites is 1. The molecule has 0 saturated carbocycles. The molecular weight excluding hydrogens is 351 g/mol. The molecule has 2 aromatic rings. The van der Waals surface area contributed by atoms with Crippen molar-refractivity contribution in [3.63, 3.8) is 0 Å². The molecule has 0 radical (unpaired) electrons. The minimum absolute atomic E-state index is 0.0948. The van der Waals surface area contributed by atoms with Gasteiger partial charge in [-0.15, -0.1) is 0 Å². The van der Waals surface area contributed by atoms with E-state index in [9.17, 15) is 14.0 Å². The number of rotatable bonds is 4. The number of urea groups is 1. The number of halogens is 1. The van der Waals surface area contributed by atoms with Gasteiger partial charge in [0.15, 0.2) is 5.60 Å². The lowest BCUT2D eigenvalue weighted by molar-refractivity contribution is -0.145. The Labute approximate surface area is 156 Å². The van der Waals surface area contributed by atoms with Crippen molar-refractivity contribution >= 4 is 29.5 Å². The second-order valence-electron chi connectivity index (χ2n) is 6.34. The monoisotopic (exact) mass is 370 g/mol. The summed E-state index contributed by atoms with van der Waals surface area (Å²) in [5.74, 6) is -0.284. The van der Waals surface area contributed by atoms with E-state index in [2.05, 4.69) is 10.6 Å². The molecule has 6 nitrogen and oxygen atoms in total. The first-order valence-electron chi connectivity index (χ1n) is 8.33. The molecular formula is C20H19FN2O4. The van der Waals surface area contributed by atoms with Crippen LogP contribution in [0.1, 0.15) is 19.4 Å². The summed E-state index contributed by atoms with van der Waals surface area (Å²) in [5.41, 5.74) is 0.631. The number of carbonyl (C=O) groups is 2. The maximum absolute atomic E-state index is 13.6. The highest BCUT2D eigenvalue weighted by atomic mass is 19.1. The molecule has 1 heterocycles. The SMILES string of the molecule is CC(=O)OCC1(C)C=Cc2cc(NC(=O)Nc3ccccc3F)ccc2O1. The predicted octanol–water partition coefficient (Wildman–Crippen LogP) is 4.20. The average Bonchev–Trinajstić information content (AvgIpc) is 2.62. The number of nitrogens with one attached hydrogen (secondary N) is 2. The Morgan fingerprint density at radius 1 is 1.19 bits per heavy atom. The first-order valence-corrected chi connectivity index (χ1v) is 8.33. The zero-order valence-corrected chi connectivity index (χ0v) is 14.9. The van der Waals surface area contributed by atoms with Crippen LogP contribution in [0.3, 0.4) is 0 Å². The lowest BCUT2D eigenvalue weighted by Gasteiger charge is -2.31. The van der Waals surface area contributed by atoms with Gasteiger partial charge in [0.1, 0.15) is 18.2 Å². The number of benzene rings is 2. The van der Waals surface area contributed by atoms with Crippen LogP contribution in [0.5, 0.6) is 5.75 Å². The van der Waals surface area contributed by atoms with Crippen LogP contribution in [0.4, 0.5) is 20.6 Å². The maximum Gasteiger partial charge on any atom is 0.323 e. The van der Waals surface area contributed by atoms with Crippen LogP contribution in [0.15, 0.2) is 48.5 Å². The molecule has 0 bridgehead atoms. The molecule has 2 aromatic carbocycles. The minimum Gasteiger partial charge on any atom is -0.479 e. The van der Waals surface area contributed by atoms with Gasteiger partial charge in [0.25, 0.3) is 0 Å². The summed E-state index contributed by atoms with van der Waals surface area (Å²) in [5, 5.41) is 5.11. The molecule has 2 amide bonds. The summed E-state index contributed by atoms with van der Waals surface area (Å²) in [6, 6.07) is 10.5. The minimum atomic E-state index is -0.754. The normalized spacial score (nSPS) is 17.4. The number of fused-ring (bicyclic) bond motifs is 1. The largest absolute Gasteiger partial charge is 0.479 e. The van der Waals surface area contributed by atoms with Crippen LogP contribution in [-0.2, 0) is 9.53 Å². The van der Waals surface area contributed by atoms with Crippen molar-refractivity contribution in [1.82, 2.24) is 0 Å². The number of anilines is 2. The number of hydrogen-bond acceptors (Lipinski definition) is 4. The van der Waals surface area contributed by atoms with Gasteiger partial charge in [-0.2, -0.15) is 0 Å². The molecule has 0 saturated heterocycles. The van der Waals surface area contributed by atoms with Crippen LogP contribution in [0, 0.1) is 5.82 Å². The third kappa shape index (κ3) is 4.63. The molecule has 1 unspecified atom stereocenters. The number of ether oxygens (including phenoxy) is 2. The summed E-state index contributed by atoms with van der Waals surface area (Å²) >= 11 is 0. The number of esters is 1. The van der Waals surface area contributed by atoms with E-state index in [1.165, 1.54) is 19.1 Å². The van der Waals surface area contributed by atoms with Crippen molar-refractivity contribution in [2.24, 2.45) is 0 Å². The fourth-order valence-corrected chi connectivity index (χ4v) is 2.57. The molecule has 0 aliphatic carbocycles. The Hall–Kier alpha value is -3.35. The molecule has 0 fully saturated rings. The molecule has 1 aliphatic rings. The number of hydrogen-bond donors (Lipinski definition) is 2. The first kappa shape index (κ1) is 18.4. The van der Waals surface area contributed by atoms with Gasteiger partial charge in [-0.25, -0.2) is 9.18 Å². The van der Waals surface area contributed by atoms with Crippen LogP contribution in [-0.4, -0.2) is 24.2 Å². The second-order valence-corrected chi connectivity index (χ2v) is 6.34. The van der Waals surface area contributed by atoms with Gasteiger partial charge >= 0.3 is 12.0 Å². The van der Waals surface area contributed by atoms with E-state index in [0.717, 1.165) is 5.56 Å². The van der Waals surface area contributed by atoms with E-state index in [-0.39, 0.29) is 18.3 Å². The van der Waals surface area contributed by atoms with Crippen molar-refractivity contribution in [2.45, 2.75) is 19.4 Å². The van der Waals surface area contributed by atoms with E-state index >= 15 is 0 Å². The molecule has 3 rings (SSSR count). The maximum atomic E-state index is 13.6. The van der Waals surface area contributed by atoms with Gasteiger partial charge in [-0.3, -0.25) is 4.79 Å². The summed E-state index contributed by atoms with van der Waals surface area (Å²) in [6.07, 6.45) is 3.63. The van der Waals surface area contributed by atoms with Crippen molar-refractivity contribution in [1.29, 1.82) is 0 Å². The lowest BCUT2D eigenvalue weighted by Crippen LogP contribution is -2.37. The molecule has 0 spiro atoms. The molecule has 1 aliphatic heterocycles. The van der Waals surface area contributed by atoms with Crippen molar-refractivity contribution in [3.8, 4) is 5.75 Å². The third-order valence-electron chi connectivity index (χ3n) is 3.91. The van der Waals surface area contributed by atoms with Crippen molar-refractivity contribution in [2.75, 3.05) is 17.2 Å². The second kappa shape index (κ2) is 7.49. The van der Waals surface area contributed by atoms with Crippen LogP contribution in [0.2, 0.25) is 0 Å². The topological polar surface area (TPSA) is 76.7 Å². The van der Waals surface area contributed by atoms with Gasteiger partial charge in [-0.1, -0.05) is 18.2 Å². The van der Waals surface area contributed by atoms with Crippen LogP contribution >= 0.6 is 0 Å². The molecule has 27 heavy (non-hydrogen) atoms. The summed E-state index contributed by atoms with van der Waals surface area (Å²) in [6.45, 7) is 3.25. The van der Waals surface area contributed by atoms with Crippen molar-refractivity contribution < 1.29 is 23.5 Å². The van der Waals surface area contributed by atoms with Crippen LogP contribution < -0.4 is 15.4 Å². The summed E-state index contributed by atoms with van der Waals surface area (Å²) in [7, 11) is 0.